The lowest BCUT2D eigenvalue weighted by atomic mass is 10.2. The SMILES string of the molecule is [C]1=C/C/C=C/C/C=C\CCC/C=C/C/1. The highest BCUT2D eigenvalue weighted by Crippen LogP contribution is 2.01. The molecule has 1 aliphatic rings. The van der Waals surface area contributed by atoms with Crippen LogP contribution in [0.3, 0.4) is 0 Å². The summed E-state index contributed by atoms with van der Waals surface area (Å²) in [5, 5.41) is 0. The molecule has 0 aromatic heterocycles. The molecular formula is C14H19. The van der Waals surface area contributed by atoms with Gasteiger partial charge in [-0.15, -0.1) is 0 Å². The van der Waals surface area contributed by atoms with E-state index in [4.69, 9.17) is 0 Å². The normalized spacial score (nSPS) is 28.6. The van der Waals surface area contributed by atoms with Crippen LogP contribution in [0.5, 0.6) is 0 Å². The standard InChI is InChI=1S/C14H19/c1-2-4-6-8-10-12-14-13-11-9-7-5-3-1/h1-2,5-7,12,14H,3-4,9-11,13H2/b2-1+,7-5-,8-6?,14-12+. The molecule has 0 aliphatic heterocycles. The lowest BCUT2D eigenvalue weighted by molar-refractivity contribution is 0.863. The Morgan fingerprint density at radius 3 is 2.36 bits per heavy atom. The Bertz CT molecular complexity index is 204. The number of hydrogen-bond acceptors (Lipinski definition) is 0. The Kier molecular flexibility index (Phi) is 6.74. The largest absolute Gasteiger partial charge is 0.0882 e. The molecule has 0 nitrogen and oxygen atoms in total. The zero-order chi connectivity index (χ0) is 9.90. The van der Waals surface area contributed by atoms with E-state index >= 15 is 0 Å². The summed E-state index contributed by atoms with van der Waals surface area (Å²) in [5.41, 5.74) is 0. The second kappa shape index (κ2) is 8.55. The summed E-state index contributed by atoms with van der Waals surface area (Å²) in [5.74, 6) is 0. The molecule has 0 atom stereocenters. The molecule has 14 heavy (non-hydrogen) atoms. The van der Waals surface area contributed by atoms with E-state index in [1.54, 1.807) is 0 Å². The second-order valence-electron chi connectivity index (χ2n) is 3.43. The van der Waals surface area contributed by atoms with Crippen molar-refractivity contribution in [1.82, 2.24) is 0 Å². The van der Waals surface area contributed by atoms with Gasteiger partial charge in [-0.3, -0.25) is 0 Å². The Labute approximate surface area is 87.7 Å². The first-order valence-corrected chi connectivity index (χ1v) is 5.50. The van der Waals surface area contributed by atoms with Crippen LogP contribution in [-0.4, -0.2) is 0 Å². The van der Waals surface area contributed by atoms with E-state index in [1.165, 1.54) is 19.3 Å². The molecule has 0 heteroatoms. The summed E-state index contributed by atoms with van der Waals surface area (Å²) < 4.78 is 0. The molecule has 0 fully saturated rings. The summed E-state index contributed by atoms with van der Waals surface area (Å²) in [6.07, 6.45) is 25.5. The molecule has 0 heterocycles. The Morgan fingerprint density at radius 2 is 1.43 bits per heavy atom. The monoisotopic (exact) mass is 187 g/mol. The molecule has 0 N–H and O–H groups in total. The fourth-order valence-corrected chi connectivity index (χ4v) is 1.34. The van der Waals surface area contributed by atoms with Crippen LogP contribution in [-0.2, 0) is 0 Å². The highest BCUT2D eigenvalue weighted by atomic mass is 13.9. The predicted molar refractivity (Wildman–Crippen MR) is 62.9 cm³/mol. The first-order chi connectivity index (χ1) is 7.00. The van der Waals surface area contributed by atoms with Crippen LogP contribution in [0.1, 0.15) is 38.5 Å². The molecule has 75 valence electrons. The van der Waals surface area contributed by atoms with Crippen LogP contribution >= 0.6 is 0 Å². The number of allylic oxidation sites excluding steroid dienone is 8. The topological polar surface area (TPSA) is 0 Å². The molecule has 0 bridgehead atoms. The first kappa shape index (κ1) is 11.0. The van der Waals surface area contributed by atoms with Gasteiger partial charge in [0.2, 0.25) is 0 Å². The smallest absolute Gasteiger partial charge is 0.00978 e. The van der Waals surface area contributed by atoms with Gasteiger partial charge in [-0.1, -0.05) is 42.5 Å². The Balaban J connectivity index is 2.34. The van der Waals surface area contributed by atoms with Crippen molar-refractivity contribution in [3.8, 4) is 0 Å². The maximum atomic E-state index is 3.26. The number of hydrogen-bond donors (Lipinski definition) is 0. The summed E-state index contributed by atoms with van der Waals surface area (Å²) >= 11 is 0. The zero-order valence-electron chi connectivity index (χ0n) is 8.78. The van der Waals surface area contributed by atoms with Gasteiger partial charge in [-0.05, 0) is 44.6 Å². The van der Waals surface area contributed by atoms with Crippen molar-refractivity contribution in [2.24, 2.45) is 0 Å². The van der Waals surface area contributed by atoms with Gasteiger partial charge in [0, 0.05) is 0 Å². The maximum Gasteiger partial charge on any atom is -0.00978 e. The van der Waals surface area contributed by atoms with Gasteiger partial charge in [0.25, 0.3) is 0 Å². The molecule has 0 spiro atoms. The third kappa shape index (κ3) is 6.47. The highest BCUT2D eigenvalue weighted by Gasteiger charge is 1.81. The van der Waals surface area contributed by atoms with Crippen LogP contribution in [0.4, 0.5) is 0 Å². The molecule has 0 amide bonds. The van der Waals surface area contributed by atoms with Crippen LogP contribution in [0.15, 0.2) is 42.5 Å². The fraction of sp³-hybridized carbons (Fsp3) is 0.429. The summed E-state index contributed by atoms with van der Waals surface area (Å²) in [7, 11) is 0. The van der Waals surface area contributed by atoms with Crippen molar-refractivity contribution in [3.63, 3.8) is 0 Å². The molecule has 0 aromatic rings. The van der Waals surface area contributed by atoms with Crippen molar-refractivity contribution in [1.29, 1.82) is 0 Å². The molecule has 1 aliphatic carbocycles. The molecule has 0 saturated heterocycles. The summed E-state index contributed by atoms with van der Waals surface area (Å²) in [6, 6.07) is 0. The van der Waals surface area contributed by atoms with Crippen molar-refractivity contribution in [2.75, 3.05) is 0 Å². The molecular weight excluding hydrogens is 168 g/mol. The molecule has 1 radical (unpaired) electrons. The third-order valence-corrected chi connectivity index (χ3v) is 2.15. The van der Waals surface area contributed by atoms with E-state index in [1.807, 2.05) is 0 Å². The molecule has 1 rings (SSSR count). The van der Waals surface area contributed by atoms with E-state index in [9.17, 15) is 0 Å². The molecule has 0 unspecified atom stereocenters. The van der Waals surface area contributed by atoms with Crippen molar-refractivity contribution < 1.29 is 0 Å². The zero-order valence-corrected chi connectivity index (χ0v) is 8.78. The van der Waals surface area contributed by atoms with E-state index in [2.05, 4.69) is 48.6 Å². The minimum absolute atomic E-state index is 0.962. The Hall–Kier alpha value is -1.04. The minimum atomic E-state index is 0.962. The lowest BCUT2D eigenvalue weighted by Gasteiger charge is -1.91. The minimum Gasteiger partial charge on any atom is -0.0882 e. The van der Waals surface area contributed by atoms with Gasteiger partial charge >= 0.3 is 0 Å². The molecule has 0 saturated carbocycles. The predicted octanol–water partition coefficient (Wildman–Crippen LogP) is 4.37. The average Bonchev–Trinajstić information content (AvgIpc) is 2.22. The van der Waals surface area contributed by atoms with E-state index in [0.717, 1.165) is 19.3 Å². The van der Waals surface area contributed by atoms with Gasteiger partial charge in [0.05, 0.1) is 0 Å². The fourth-order valence-electron chi connectivity index (χ4n) is 1.34. The van der Waals surface area contributed by atoms with E-state index in [0.29, 0.717) is 0 Å². The van der Waals surface area contributed by atoms with E-state index in [-0.39, 0.29) is 0 Å². The van der Waals surface area contributed by atoms with E-state index < -0.39 is 0 Å². The number of rotatable bonds is 0. The van der Waals surface area contributed by atoms with Gasteiger partial charge in [0.15, 0.2) is 0 Å². The summed E-state index contributed by atoms with van der Waals surface area (Å²) in [4.78, 5) is 0. The maximum absolute atomic E-state index is 3.26. The van der Waals surface area contributed by atoms with Crippen LogP contribution in [0, 0.1) is 6.08 Å². The van der Waals surface area contributed by atoms with Crippen LogP contribution in [0.2, 0.25) is 0 Å². The molecule has 0 aromatic carbocycles. The quantitative estimate of drug-likeness (QED) is 0.494. The first-order valence-electron chi connectivity index (χ1n) is 5.50. The van der Waals surface area contributed by atoms with Crippen molar-refractivity contribution in [3.05, 3.63) is 48.6 Å². The van der Waals surface area contributed by atoms with Crippen molar-refractivity contribution in [2.45, 2.75) is 38.5 Å². The van der Waals surface area contributed by atoms with Gasteiger partial charge in [-0.25, -0.2) is 0 Å². The Morgan fingerprint density at radius 1 is 0.714 bits per heavy atom. The second-order valence-corrected chi connectivity index (χ2v) is 3.43. The highest BCUT2D eigenvalue weighted by molar-refractivity contribution is 4.97. The van der Waals surface area contributed by atoms with Gasteiger partial charge in [0.1, 0.15) is 0 Å². The summed E-state index contributed by atoms with van der Waals surface area (Å²) in [6.45, 7) is 0. The van der Waals surface area contributed by atoms with Crippen molar-refractivity contribution >= 4 is 0 Å². The van der Waals surface area contributed by atoms with Gasteiger partial charge in [-0.2, -0.15) is 0 Å². The average molecular weight is 187 g/mol. The lowest BCUT2D eigenvalue weighted by Crippen LogP contribution is -1.71. The van der Waals surface area contributed by atoms with Crippen LogP contribution < -0.4 is 0 Å². The van der Waals surface area contributed by atoms with Gasteiger partial charge < -0.3 is 0 Å². The van der Waals surface area contributed by atoms with Crippen LogP contribution in [0.25, 0.3) is 0 Å². The third-order valence-electron chi connectivity index (χ3n) is 2.15.